The predicted octanol–water partition coefficient (Wildman–Crippen LogP) is 1.49. The third kappa shape index (κ3) is 2.30. The van der Waals surface area contributed by atoms with Gasteiger partial charge in [-0.3, -0.25) is 9.59 Å². The van der Waals surface area contributed by atoms with Crippen molar-refractivity contribution in [2.75, 3.05) is 13.1 Å². The molecule has 0 radical (unpaired) electrons. The Morgan fingerprint density at radius 1 is 1.25 bits per heavy atom. The molecule has 0 spiro atoms. The van der Waals surface area contributed by atoms with Crippen molar-refractivity contribution in [3.05, 3.63) is 17.0 Å². The Hall–Kier alpha value is -1.85. The van der Waals surface area contributed by atoms with Gasteiger partial charge in [0.1, 0.15) is 5.76 Å². The minimum Gasteiger partial charge on any atom is -0.481 e. The van der Waals surface area contributed by atoms with Gasteiger partial charge in [-0.25, -0.2) is 0 Å². The maximum Gasteiger partial charge on any atom is 0.308 e. The first-order valence-electron chi connectivity index (χ1n) is 7.16. The summed E-state index contributed by atoms with van der Waals surface area (Å²) < 4.78 is 5.31. The molecule has 1 aromatic rings. The first kappa shape index (κ1) is 13.1. The molecule has 0 saturated carbocycles. The van der Waals surface area contributed by atoms with Crippen LogP contribution in [0.1, 0.15) is 47.5 Å². The van der Waals surface area contributed by atoms with E-state index in [1.807, 2.05) is 0 Å². The van der Waals surface area contributed by atoms with Gasteiger partial charge in [0.15, 0.2) is 5.69 Å². The summed E-state index contributed by atoms with van der Waals surface area (Å²) in [6.45, 7) is 0.757. The van der Waals surface area contributed by atoms with Crippen LogP contribution in [0.25, 0.3) is 0 Å². The van der Waals surface area contributed by atoms with Crippen molar-refractivity contribution in [3.63, 3.8) is 0 Å². The van der Waals surface area contributed by atoms with Gasteiger partial charge in [0, 0.05) is 25.1 Å². The van der Waals surface area contributed by atoms with Gasteiger partial charge in [-0.05, 0) is 25.7 Å². The van der Waals surface area contributed by atoms with Gasteiger partial charge in [-0.1, -0.05) is 11.6 Å². The number of hydrogen-bond acceptors (Lipinski definition) is 4. The molecule has 1 aromatic heterocycles. The summed E-state index contributed by atoms with van der Waals surface area (Å²) in [6.07, 6.45) is 5.44. The van der Waals surface area contributed by atoms with Crippen LogP contribution in [0.3, 0.4) is 0 Å². The Labute approximate surface area is 116 Å². The molecule has 1 aliphatic carbocycles. The quantitative estimate of drug-likeness (QED) is 0.829. The van der Waals surface area contributed by atoms with Crippen molar-refractivity contribution < 1.29 is 19.2 Å². The molecule has 1 atom stereocenters. The molecule has 2 aliphatic rings. The predicted molar refractivity (Wildman–Crippen MR) is 69.4 cm³/mol. The van der Waals surface area contributed by atoms with E-state index in [0.29, 0.717) is 18.7 Å². The highest BCUT2D eigenvalue weighted by Gasteiger charge is 2.34. The molecule has 0 bridgehead atoms. The van der Waals surface area contributed by atoms with E-state index in [0.717, 1.165) is 43.4 Å². The number of nitrogens with zero attached hydrogens (tertiary/aromatic N) is 2. The summed E-state index contributed by atoms with van der Waals surface area (Å²) in [5.41, 5.74) is 1.33. The second-order valence-corrected chi connectivity index (χ2v) is 5.57. The number of rotatable bonds is 2. The van der Waals surface area contributed by atoms with Gasteiger partial charge in [-0.2, -0.15) is 0 Å². The molecule has 20 heavy (non-hydrogen) atoms. The lowest BCUT2D eigenvalue weighted by Crippen LogP contribution is -2.30. The SMILES string of the molecule is O=C(O)C1CCN(C(=O)c2noc3c2CCCCC3)C1. The van der Waals surface area contributed by atoms with Crippen molar-refractivity contribution in [1.82, 2.24) is 10.1 Å². The fraction of sp³-hybridized carbons (Fsp3) is 0.643. The zero-order valence-electron chi connectivity index (χ0n) is 11.3. The first-order chi connectivity index (χ1) is 9.66. The molecule has 1 N–H and O–H groups in total. The van der Waals surface area contributed by atoms with Gasteiger partial charge < -0.3 is 14.5 Å². The van der Waals surface area contributed by atoms with Gasteiger partial charge >= 0.3 is 5.97 Å². The van der Waals surface area contributed by atoms with Crippen LogP contribution in [0, 0.1) is 5.92 Å². The van der Waals surface area contributed by atoms with E-state index in [1.165, 1.54) is 0 Å². The number of carboxylic acids is 1. The van der Waals surface area contributed by atoms with E-state index in [-0.39, 0.29) is 12.5 Å². The van der Waals surface area contributed by atoms with Crippen LogP contribution < -0.4 is 0 Å². The smallest absolute Gasteiger partial charge is 0.308 e. The van der Waals surface area contributed by atoms with E-state index in [9.17, 15) is 9.59 Å². The minimum atomic E-state index is -0.834. The summed E-state index contributed by atoms with van der Waals surface area (Å²) in [4.78, 5) is 25.0. The highest BCUT2D eigenvalue weighted by molar-refractivity contribution is 5.94. The van der Waals surface area contributed by atoms with E-state index < -0.39 is 11.9 Å². The molecule has 6 heteroatoms. The third-order valence-electron chi connectivity index (χ3n) is 4.23. The Balaban J connectivity index is 1.78. The maximum atomic E-state index is 12.5. The average molecular weight is 278 g/mol. The fourth-order valence-corrected chi connectivity index (χ4v) is 3.03. The molecule has 0 aromatic carbocycles. The molecule has 6 nitrogen and oxygen atoms in total. The number of likely N-dealkylation sites (tertiary alicyclic amines) is 1. The van der Waals surface area contributed by atoms with Crippen LogP contribution in [0.15, 0.2) is 4.52 Å². The lowest BCUT2D eigenvalue weighted by molar-refractivity contribution is -0.141. The van der Waals surface area contributed by atoms with E-state index in [1.54, 1.807) is 4.90 Å². The number of aryl methyl sites for hydroxylation is 1. The van der Waals surface area contributed by atoms with Gasteiger partial charge in [0.2, 0.25) is 0 Å². The monoisotopic (exact) mass is 278 g/mol. The number of carbonyl (C=O) groups is 2. The Bertz CT molecular complexity index is 537. The molecule has 108 valence electrons. The van der Waals surface area contributed by atoms with Crippen molar-refractivity contribution in [3.8, 4) is 0 Å². The van der Waals surface area contributed by atoms with Crippen molar-refractivity contribution in [2.24, 2.45) is 5.92 Å². The van der Waals surface area contributed by atoms with Gasteiger partial charge in [0.05, 0.1) is 5.92 Å². The molecular formula is C14H18N2O4. The van der Waals surface area contributed by atoms with Crippen LogP contribution in [-0.2, 0) is 17.6 Å². The number of aliphatic carboxylic acids is 1. The molecule has 2 heterocycles. The van der Waals surface area contributed by atoms with Crippen molar-refractivity contribution in [1.29, 1.82) is 0 Å². The molecular weight excluding hydrogens is 260 g/mol. The Morgan fingerprint density at radius 3 is 2.80 bits per heavy atom. The molecule has 1 fully saturated rings. The van der Waals surface area contributed by atoms with E-state index >= 15 is 0 Å². The minimum absolute atomic E-state index is 0.180. The van der Waals surface area contributed by atoms with Crippen molar-refractivity contribution >= 4 is 11.9 Å². The zero-order chi connectivity index (χ0) is 14.1. The Morgan fingerprint density at radius 2 is 2.05 bits per heavy atom. The second kappa shape index (κ2) is 5.26. The number of carbonyl (C=O) groups excluding carboxylic acids is 1. The first-order valence-corrected chi connectivity index (χ1v) is 7.16. The third-order valence-corrected chi connectivity index (χ3v) is 4.23. The summed E-state index contributed by atoms with van der Waals surface area (Å²) in [5, 5.41) is 12.9. The summed E-state index contributed by atoms with van der Waals surface area (Å²) in [5.74, 6) is -0.635. The van der Waals surface area contributed by atoms with Gasteiger partial charge in [-0.15, -0.1) is 0 Å². The highest BCUT2D eigenvalue weighted by atomic mass is 16.5. The second-order valence-electron chi connectivity index (χ2n) is 5.57. The zero-order valence-corrected chi connectivity index (χ0v) is 11.3. The number of fused-ring (bicyclic) bond motifs is 1. The van der Waals surface area contributed by atoms with Crippen LogP contribution in [0.5, 0.6) is 0 Å². The molecule has 1 aliphatic heterocycles. The topological polar surface area (TPSA) is 83.6 Å². The van der Waals surface area contributed by atoms with Crippen molar-refractivity contribution in [2.45, 2.75) is 38.5 Å². The summed E-state index contributed by atoms with van der Waals surface area (Å²) in [7, 11) is 0. The lowest BCUT2D eigenvalue weighted by Gasteiger charge is -2.14. The summed E-state index contributed by atoms with van der Waals surface area (Å²) in [6, 6.07) is 0. The lowest BCUT2D eigenvalue weighted by atomic mass is 10.1. The van der Waals surface area contributed by atoms with Crippen LogP contribution in [-0.4, -0.2) is 40.1 Å². The normalized spacial score (nSPS) is 22.4. The van der Waals surface area contributed by atoms with Crippen LogP contribution in [0.4, 0.5) is 0 Å². The number of aromatic nitrogens is 1. The van der Waals surface area contributed by atoms with E-state index in [4.69, 9.17) is 9.63 Å². The number of carboxylic acid groups (broad SMARTS) is 1. The molecule has 3 rings (SSSR count). The maximum absolute atomic E-state index is 12.5. The molecule has 1 unspecified atom stereocenters. The van der Waals surface area contributed by atoms with Crippen LogP contribution in [0.2, 0.25) is 0 Å². The Kier molecular flexibility index (Phi) is 3.46. The average Bonchev–Trinajstić information content (AvgIpc) is 3.01. The standard InChI is InChI=1S/C14H18N2O4/c17-13(16-7-6-9(8-16)14(18)19)12-10-4-2-1-3-5-11(10)20-15-12/h9H,1-8H2,(H,18,19). The largest absolute Gasteiger partial charge is 0.481 e. The molecule has 1 saturated heterocycles. The van der Waals surface area contributed by atoms with E-state index in [2.05, 4.69) is 5.16 Å². The fourth-order valence-electron chi connectivity index (χ4n) is 3.03. The van der Waals surface area contributed by atoms with Gasteiger partial charge in [0.25, 0.3) is 5.91 Å². The van der Waals surface area contributed by atoms with Crippen LogP contribution >= 0.6 is 0 Å². The highest BCUT2D eigenvalue weighted by Crippen LogP contribution is 2.26. The summed E-state index contributed by atoms with van der Waals surface area (Å²) >= 11 is 0. The number of amides is 1. The number of hydrogen-bond donors (Lipinski definition) is 1. The molecule has 1 amide bonds.